The quantitative estimate of drug-likeness (QED) is 0.592. The Labute approximate surface area is 69.8 Å². The number of rotatable bonds is 1. The lowest BCUT2D eigenvalue weighted by Crippen LogP contribution is -2.11. The van der Waals surface area contributed by atoms with Crippen LogP contribution in [-0.4, -0.2) is 10.9 Å². The van der Waals surface area contributed by atoms with Gasteiger partial charge in [-0.25, -0.2) is 0 Å². The van der Waals surface area contributed by atoms with E-state index in [1.807, 2.05) is 18.3 Å². The van der Waals surface area contributed by atoms with Crippen molar-refractivity contribution in [2.75, 3.05) is 0 Å². The van der Waals surface area contributed by atoms with Gasteiger partial charge in [0.1, 0.15) is 0 Å². The predicted octanol–water partition coefficient (Wildman–Crippen LogP) is 1.04. The molecule has 0 aliphatic carbocycles. The van der Waals surface area contributed by atoms with Crippen LogP contribution in [0, 0.1) is 0 Å². The molecule has 60 valence electrons. The summed E-state index contributed by atoms with van der Waals surface area (Å²) in [7, 11) is 0. The number of carbonyl (C=O) groups is 1. The van der Waals surface area contributed by atoms with Gasteiger partial charge in [-0.1, -0.05) is 0 Å². The van der Waals surface area contributed by atoms with Gasteiger partial charge in [0.15, 0.2) is 0 Å². The van der Waals surface area contributed by atoms with Crippen LogP contribution in [0.15, 0.2) is 36.2 Å². The molecule has 1 aliphatic rings. The number of nitrogens with one attached hydrogen (secondary N) is 2. The third-order valence-electron chi connectivity index (χ3n) is 1.67. The minimum Gasteiger partial charge on any atom is -0.362 e. The summed E-state index contributed by atoms with van der Waals surface area (Å²) in [5, 5.41) is 2.58. The molecule has 0 spiro atoms. The Morgan fingerprint density at radius 2 is 2.33 bits per heavy atom. The van der Waals surface area contributed by atoms with Crippen LogP contribution < -0.4 is 5.32 Å². The molecule has 12 heavy (non-hydrogen) atoms. The van der Waals surface area contributed by atoms with E-state index in [1.54, 1.807) is 18.4 Å². The third-order valence-corrected chi connectivity index (χ3v) is 1.67. The number of hydrogen-bond donors (Lipinski definition) is 2. The number of aromatic nitrogens is 1. The standard InChI is InChI=1S/C9H8N2O/c12-9-7(3-5-11-9)6-8-2-1-4-10-8/h1-6,10H,(H,11,12). The maximum atomic E-state index is 11.0. The largest absolute Gasteiger partial charge is 0.362 e. The van der Waals surface area contributed by atoms with Crippen molar-refractivity contribution in [3.63, 3.8) is 0 Å². The lowest BCUT2D eigenvalue weighted by molar-refractivity contribution is -0.115. The molecule has 0 unspecified atom stereocenters. The Bertz CT molecular complexity index is 347. The zero-order chi connectivity index (χ0) is 8.39. The Morgan fingerprint density at radius 1 is 1.42 bits per heavy atom. The van der Waals surface area contributed by atoms with Gasteiger partial charge in [-0.3, -0.25) is 4.79 Å². The van der Waals surface area contributed by atoms with Crippen LogP contribution in [0.4, 0.5) is 0 Å². The van der Waals surface area contributed by atoms with Crippen molar-refractivity contribution in [1.29, 1.82) is 0 Å². The molecule has 0 radical (unpaired) electrons. The van der Waals surface area contributed by atoms with Crippen LogP contribution in [-0.2, 0) is 4.79 Å². The van der Waals surface area contributed by atoms with Crippen LogP contribution in [0.2, 0.25) is 0 Å². The van der Waals surface area contributed by atoms with Gasteiger partial charge in [-0.05, 0) is 24.3 Å². The SMILES string of the molecule is O=C1NC=CC1=Cc1ccc[nH]1. The minimum atomic E-state index is -0.0513. The van der Waals surface area contributed by atoms with Crippen LogP contribution in [0.3, 0.4) is 0 Å². The van der Waals surface area contributed by atoms with Gasteiger partial charge in [-0.2, -0.15) is 0 Å². The second-order valence-corrected chi connectivity index (χ2v) is 2.53. The number of carbonyl (C=O) groups excluding carboxylic acids is 1. The zero-order valence-corrected chi connectivity index (χ0v) is 6.37. The average molecular weight is 160 g/mol. The van der Waals surface area contributed by atoms with E-state index in [2.05, 4.69) is 10.3 Å². The monoisotopic (exact) mass is 160 g/mol. The first kappa shape index (κ1) is 6.91. The number of hydrogen-bond acceptors (Lipinski definition) is 1. The Hall–Kier alpha value is -1.77. The van der Waals surface area contributed by atoms with E-state index < -0.39 is 0 Å². The molecule has 3 heteroatoms. The summed E-state index contributed by atoms with van der Waals surface area (Å²) >= 11 is 0. The number of aromatic amines is 1. The van der Waals surface area contributed by atoms with E-state index in [9.17, 15) is 4.79 Å². The van der Waals surface area contributed by atoms with Gasteiger partial charge >= 0.3 is 0 Å². The van der Waals surface area contributed by atoms with Gasteiger partial charge in [0.25, 0.3) is 5.91 Å². The Balaban J connectivity index is 2.29. The van der Waals surface area contributed by atoms with Gasteiger partial charge in [-0.15, -0.1) is 0 Å². The molecule has 1 aromatic heterocycles. The molecule has 2 rings (SSSR count). The van der Waals surface area contributed by atoms with Crippen LogP contribution in [0.25, 0.3) is 6.08 Å². The molecule has 0 fully saturated rings. The summed E-state index contributed by atoms with van der Waals surface area (Å²) < 4.78 is 0. The summed E-state index contributed by atoms with van der Waals surface area (Å²) in [6, 6.07) is 3.80. The maximum Gasteiger partial charge on any atom is 0.255 e. The highest BCUT2D eigenvalue weighted by Crippen LogP contribution is 2.08. The highest BCUT2D eigenvalue weighted by molar-refractivity contribution is 6.03. The van der Waals surface area contributed by atoms with E-state index in [4.69, 9.17) is 0 Å². The Morgan fingerprint density at radius 3 is 2.92 bits per heavy atom. The van der Waals surface area contributed by atoms with Crippen LogP contribution in [0.1, 0.15) is 5.69 Å². The lowest BCUT2D eigenvalue weighted by Gasteiger charge is -1.90. The maximum absolute atomic E-state index is 11.0. The van der Waals surface area contributed by atoms with Crippen LogP contribution in [0.5, 0.6) is 0 Å². The van der Waals surface area contributed by atoms with Crippen LogP contribution >= 0.6 is 0 Å². The molecule has 2 heterocycles. The fourth-order valence-corrected chi connectivity index (χ4v) is 1.08. The summed E-state index contributed by atoms with van der Waals surface area (Å²) in [6.45, 7) is 0. The molecule has 1 aliphatic heterocycles. The molecule has 0 bridgehead atoms. The second-order valence-electron chi connectivity index (χ2n) is 2.53. The first-order valence-corrected chi connectivity index (χ1v) is 3.69. The van der Waals surface area contributed by atoms with Crippen molar-refractivity contribution in [1.82, 2.24) is 10.3 Å². The van der Waals surface area contributed by atoms with Gasteiger partial charge in [0.05, 0.1) is 0 Å². The Kier molecular flexibility index (Phi) is 1.55. The molecule has 0 saturated heterocycles. The van der Waals surface area contributed by atoms with Crippen molar-refractivity contribution >= 4 is 12.0 Å². The lowest BCUT2D eigenvalue weighted by atomic mass is 10.2. The second kappa shape index (κ2) is 2.70. The first-order chi connectivity index (χ1) is 5.86. The van der Waals surface area contributed by atoms with Crippen molar-refractivity contribution in [2.45, 2.75) is 0 Å². The molecular weight excluding hydrogens is 152 g/mol. The third kappa shape index (κ3) is 1.16. The molecule has 1 amide bonds. The van der Waals surface area contributed by atoms with E-state index in [0.717, 1.165) is 5.69 Å². The van der Waals surface area contributed by atoms with E-state index in [-0.39, 0.29) is 5.91 Å². The van der Waals surface area contributed by atoms with Crippen molar-refractivity contribution in [3.05, 3.63) is 41.9 Å². The summed E-state index contributed by atoms with van der Waals surface area (Å²) in [6.07, 6.45) is 7.02. The normalized spacial score (nSPS) is 18.7. The summed E-state index contributed by atoms with van der Waals surface area (Å²) in [5.41, 5.74) is 1.61. The topological polar surface area (TPSA) is 44.9 Å². The highest BCUT2D eigenvalue weighted by Gasteiger charge is 2.09. The molecule has 0 aromatic carbocycles. The molecule has 0 atom stereocenters. The number of amides is 1. The van der Waals surface area contributed by atoms with Crippen molar-refractivity contribution < 1.29 is 4.79 Å². The zero-order valence-electron chi connectivity index (χ0n) is 6.37. The summed E-state index contributed by atoms with van der Waals surface area (Å²) in [5.74, 6) is -0.0513. The minimum absolute atomic E-state index is 0.0513. The average Bonchev–Trinajstić information content (AvgIpc) is 2.65. The fourth-order valence-electron chi connectivity index (χ4n) is 1.08. The molecule has 1 aromatic rings. The van der Waals surface area contributed by atoms with Crippen molar-refractivity contribution in [3.8, 4) is 0 Å². The molecule has 0 saturated carbocycles. The number of H-pyrrole nitrogens is 1. The highest BCUT2D eigenvalue weighted by atomic mass is 16.1. The van der Waals surface area contributed by atoms with E-state index >= 15 is 0 Å². The molecule has 3 nitrogen and oxygen atoms in total. The molecule has 2 N–H and O–H groups in total. The summed E-state index contributed by atoms with van der Waals surface area (Å²) in [4.78, 5) is 14.0. The predicted molar refractivity (Wildman–Crippen MR) is 46.1 cm³/mol. The van der Waals surface area contributed by atoms with E-state index in [1.165, 1.54) is 0 Å². The smallest absolute Gasteiger partial charge is 0.255 e. The fraction of sp³-hybridized carbons (Fsp3) is 0. The van der Waals surface area contributed by atoms with E-state index in [0.29, 0.717) is 5.57 Å². The first-order valence-electron chi connectivity index (χ1n) is 3.69. The van der Waals surface area contributed by atoms with Gasteiger partial charge in [0.2, 0.25) is 0 Å². The van der Waals surface area contributed by atoms with Gasteiger partial charge in [0, 0.05) is 23.7 Å². The van der Waals surface area contributed by atoms with Gasteiger partial charge < -0.3 is 10.3 Å². The van der Waals surface area contributed by atoms with Crippen molar-refractivity contribution in [2.24, 2.45) is 0 Å². The molecular formula is C9H8N2O.